The van der Waals surface area contributed by atoms with Crippen LogP contribution in [0, 0.1) is 0 Å². The fraction of sp³-hybridized carbons (Fsp3) is 0.316. The minimum absolute atomic E-state index is 0.0983. The molecular formula is C19H21N3O3S. The van der Waals surface area contributed by atoms with Crippen molar-refractivity contribution in [3.8, 4) is 17.1 Å². The Morgan fingerprint density at radius 3 is 2.62 bits per heavy atom. The number of benzene rings is 1. The van der Waals surface area contributed by atoms with Gasteiger partial charge in [-0.1, -0.05) is 25.2 Å². The predicted octanol–water partition coefficient (Wildman–Crippen LogP) is 4.50. The molecule has 0 radical (unpaired) electrons. The molecule has 1 aromatic carbocycles. The standard InChI is InChI=1S/C19H21N3O3S/c1-12(2)18-21-22-19(26-18)20-17(23)11-9-15-8-10-16(25-15)13-4-6-14(24-3)7-5-13/h4-8,10,12H,9,11H2,1-3H3,(H,20,22,23). The SMILES string of the molecule is COc1ccc(-c2ccc(CCC(=O)Nc3nnc(C(C)C)s3)o2)cc1. The summed E-state index contributed by atoms with van der Waals surface area (Å²) in [5, 5.41) is 12.3. The first-order valence-electron chi connectivity index (χ1n) is 8.41. The van der Waals surface area contributed by atoms with E-state index >= 15 is 0 Å². The molecule has 0 fully saturated rings. The van der Waals surface area contributed by atoms with Crippen LogP contribution in [0.3, 0.4) is 0 Å². The van der Waals surface area contributed by atoms with Crippen LogP contribution in [0.15, 0.2) is 40.8 Å². The van der Waals surface area contributed by atoms with Crippen LogP contribution in [-0.4, -0.2) is 23.2 Å². The highest BCUT2D eigenvalue weighted by molar-refractivity contribution is 7.15. The number of amides is 1. The van der Waals surface area contributed by atoms with E-state index in [0.29, 0.717) is 23.9 Å². The van der Waals surface area contributed by atoms with E-state index in [9.17, 15) is 4.79 Å². The van der Waals surface area contributed by atoms with Crippen LogP contribution in [0.5, 0.6) is 5.75 Å². The Balaban J connectivity index is 1.54. The number of hydrogen-bond donors (Lipinski definition) is 1. The maximum absolute atomic E-state index is 12.1. The van der Waals surface area contributed by atoms with E-state index in [1.54, 1.807) is 7.11 Å². The summed E-state index contributed by atoms with van der Waals surface area (Å²) in [5.41, 5.74) is 0.969. The first-order chi connectivity index (χ1) is 12.5. The van der Waals surface area contributed by atoms with Crippen molar-refractivity contribution in [2.75, 3.05) is 12.4 Å². The highest BCUT2D eigenvalue weighted by Crippen LogP contribution is 2.25. The van der Waals surface area contributed by atoms with Gasteiger partial charge in [0.05, 0.1) is 7.11 Å². The highest BCUT2D eigenvalue weighted by Gasteiger charge is 2.12. The second-order valence-electron chi connectivity index (χ2n) is 6.14. The average molecular weight is 371 g/mol. The number of hydrogen-bond acceptors (Lipinski definition) is 6. The van der Waals surface area contributed by atoms with Crippen molar-refractivity contribution >= 4 is 22.4 Å². The predicted molar refractivity (Wildman–Crippen MR) is 102 cm³/mol. The average Bonchev–Trinajstić information content (AvgIpc) is 3.29. The zero-order chi connectivity index (χ0) is 18.5. The Kier molecular flexibility index (Phi) is 5.68. The summed E-state index contributed by atoms with van der Waals surface area (Å²) in [4.78, 5) is 12.1. The molecule has 3 rings (SSSR count). The molecule has 0 aliphatic carbocycles. The normalized spacial score (nSPS) is 10.9. The van der Waals surface area contributed by atoms with E-state index in [2.05, 4.69) is 15.5 Å². The van der Waals surface area contributed by atoms with Crippen molar-refractivity contribution < 1.29 is 13.9 Å². The van der Waals surface area contributed by atoms with Gasteiger partial charge in [0.25, 0.3) is 0 Å². The molecule has 0 aliphatic heterocycles. The van der Waals surface area contributed by atoms with Gasteiger partial charge in [0, 0.05) is 24.3 Å². The molecule has 0 saturated heterocycles. The van der Waals surface area contributed by atoms with Crippen molar-refractivity contribution in [2.24, 2.45) is 0 Å². The van der Waals surface area contributed by atoms with Crippen molar-refractivity contribution in [2.45, 2.75) is 32.6 Å². The van der Waals surface area contributed by atoms with Crippen molar-refractivity contribution in [1.29, 1.82) is 0 Å². The van der Waals surface area contributed by atoms with Crippen molar-refractivity contribution in [3.63, 3.8) is 0 Å². The van der Waals surface area contributed by atoms with E-state index in [1.807, 2.05) is 50.2 Å². The van der Waals surface area contributed by atoms with E-state index in [0.717, 1.165) is 27.8 Å². The number of carbonyl (C=O) groups excluding carboxylic acids is 1. The third-order valence-corrected chi connectivity index (χ3v) is 4.95. The summed E-state index contributed by atoms with van der Waals surface area (Å²) in [6.07, 6.45) is 0.851. The van der Waals surface area contributed by atoms with Gasteiger partial charge in [-0.05, 0) is 36.4 Å². The fourth-order valence-corrected chi connectivity index (χ4v) is 3.12. The van der Waals surface area contributed by atoms with Gasteiger partial charge in [0.1, 0.15) is 22.3 Å². The number of ether oxygens (including phenoxy) is 1. The molecule has 7 heteroatoms. The van der Waals surface area contributed by atoms with Gasteiger partial charge in [-0.25, -0.2) is 0 Å². The molecule has 3 aromatic rings. The van der Waals surface area contributed by atoms with Gasteiger partial charge in [-0.3, -0.25) is 4.79 Å². The summed E-state index contributed by atoms with van der Waals surface area (Å²) in [7, 11) is 1.64. The van der Waals surface area contributed by atoms with Crippen LogP contribution in [-0.2, 0) is 11.2 Å². The molecule has 0 unspecified atom stereocenters. The smallest absolute Gasteiger partial charge is 0.226 e. The Labute approximate surface area is 156 Å². The molecule has 0 bridgehead atoms. The van der Waals surface area contributed by atoms with E-state index in [4.69, 9.17) is 9.15 Å². The molecule has 0 aliphatic rings. The zero-order valence-electron chi connectivity index (χ0n) is 15.0. The topological polar surface area (TPSA) is 77.2 Å². The van der Waals surface area contributed by atoms with Gasteiger partial charge >= 0.3 is 0 Å². The molecule has 26 heavy (non-hydrogen) atoms. The second-order valence-corrected chi connectivity index (χ2v) is 7.15. The third-order valence-electron chi connectivity index (χ3n) is 3.82. The number of rotatable bonds is 7. The number of aromatic nitrogens is 2. The lowest BCUT2D eigenvalue weighted by molar-refractivity contribution is -0.116. The zero-order valence-corrected chi connectivity index (χ0v) is 15.8. The molecule has 1 N–H and O–H groups in total. The minimum atomic E-state index is -0.0983. The molecule has 6 nitrogen and oxygen atoms in total. The van der Waals surface area contributed by atoms with Crippen molar-refractivity contribution in [3.05, 3.63) is 47.2 Å². The first-order valence-corrected chi connectivity index (χ1v) is 9.23. The minimum Gasteiger partial charge on any atom is -0.497 e. The number of anilines is 1. The lowest BCUT2D eigenvalue weighted by Crippen LogP contribution is -2.11. The Hall–Kier alpha value is -2.67. The molecule has 136 valence electrons. The van der Waals surface area contributed by atoms with Gasteiger partial charge in [0.15, 0.2) is 0 Å². The number of carbonyl (C=O) groups is 1. The van der Waals surface area contributed by atoms with Crippen LogP contribution in [0.25, 0.3) is 11.3 Å². The molecule has 0 saturated carbocycles. The fourth-order valence-electron chi connectivity index (χ4n) is 2.36. The number of furan rings is 1. The largest absolute Gasteiger partial charge is 0.497 e. The molecule has 2 heterocycles. The summed E-state index contributed by atoms with van der Waals surface area (Å²) in [6, 6.07) is 11.5. The molecule has 0 atom stereocenters. The molecular weight excluding hydrogens is 350 g/mol. The van der Waals surface area contributed by atoms with Crippen LogP contribution in [0.2, 0.25) is 0 Å². The first kappa shape index (κ1) is 18.1. The van der Waals surface area contributed by atoms with Gasteiger partial charge in [-0.2, -0.15) is 0 Å². The van der Waals surface area contributed by atoms with Gasteiger partial charge < -0.3 is 14.5 Å². The Bertz CT molecular complexity index is 868. The van der Waals surface area contributed by atoms with E-state index in [-0.39, 0.29) is 5.91 Å². The summed E-state index contributed by atoms with van der Waals surface area (Å²) < 4.78 is 11.0. The van der Waals surface area contributed by atoms with Crippen LogP contribution in [0.1, 0.15) is 37.0 Å². The van der Waals surface area contributed by atoms with E-state index in [1.165, 1.54) is 11.3 Å². The second kappa shape index (κ2) is 8.14. The summed E-state index contributed by atoms with van der Waals surface area (Å²) in [5.74, 6) is 2.55. The molecule has 1 amide bonds. The highest BCUT2D eigenvalue weighted by atomic mass is 32.1. The van der Waals surface area contributed by atoms with E-state index < -0.39 is 0 Å². The number of nitrogens with zero attached hydrogens (tertiary/aromatic N) is 2. The van der Waals surface area contributed by atoms with Gasteiger partial charge in [0.2, 0.25) is 11.0 Å². The Morgan fingerprint density at radius 1 is 1.19 bits per heavy atom. The lowest BCUT2D eigenvalue weighted by atomic mass is 10.2. The lowest BCUT2D eigenvalue weighted by Gasteiger charge is -2.01. The number of aryl methyl sites for hydroxylation is 1. The third kappa shape index (κ3) is 4.49. The molecule has 0 spiro atoms. The van der Waals surface area contributed by atoms with Crippen LogP contribution in [0.4, 0.5) is 5.13 Å². The number of methoxy groups -OCH3 is 1. The monoisotopic (exact) mass is 371 g/mol. The van der Waals surface area contributed by atoms with Gasteiger partial charge in [-0.15, -0.1) is 10.2 Å². The van der Waals surface area contributed by atoms with Crippen LogP contribution >= 0.6 is 11.3 Å². The number of nitrogens with one attached hydrogen (secondary N) is 1. The molecule has 2 aromatic heterocycles. The Morgan fingerprint density at radius 2 is 1.96 bits per heavy atom. The quantitative estimate of drug-likeness (QED) is 0.661. The van der Waals surface area contributed by atoms with Crippen LogP contribution < -0.4 is 10.1 Å². The van der Waals surface area contributed by atoms with Crippen molar-refractivity contribution in [1.82, 2.24) is 10.2 Å². The summed E-state index contributed by atoms with van der Waals surface area (Å²) in [6.45, 7) is 4.09. The maximum atomic E-state index is 12.1. The summed E-state index contributed by atoms with van der Waals surface area (Å²) >= 11 is 1.41. The maximum Gasteiger partial charge on any atom is 0.226 e.